The highest BCUT2D eigenvalue weighted by Gasteiger charge is 2.23. The number of morpholine rings is 1. The third kappa shape index (κ3) is 3.19. The van der Waals surface area contributed by atoms with E-state index in [4.69, 9.17) is 16.3 Å². The van der Waals surface area contributed by atoms with Crippen molar-refractivity contribution in [1.29, 1.82) is 0 Å². The van der Waals surface area contributed by atoms with Gasteiger partial charge in [-0.2, -0.15) is 0 Å². The van der Waals surface area contributed by atoms with Gasteiger partial charge in [0.05, 0.1) is 5.03 Å². The lowest BCUT2D eigenvalue weighted by Gasteiger charge is -2.11. The Morgan fingerprint density at radius 2 is 1.85 bits per heavy atom. The summed E-state index contributed by atoms with van der Waals surface area (Å²) in [6.45, 7) is 3.51. The van der Waals surface area contributed by atoms with Crippen LogP contribution in [0, 0.1) is 0 Å². The Kier molecular flexibility index (Phi) is 4.66. The van der Waals surface area contributed by atoms with Crippen LogP contribution in [0.25, 0.3) is 5.03 Å². The molecule has 0 saturated carbocycles. The number of hydrogen-bond donors (Lipinski definition) is 0. The minimum Gasteiger partial charge on any atom is -0.368 e. The highest BCUT2D eigenvalue weighted by Crippen LogP contribution is 2.36. The van der Waals surface area contributed by atoms with E-state index >= 15 is 0 Å². The van der Waals surface area contributed by atoms with Crippen LogP contribution in [0.2, 0.25) is 0 Å². The van der Waals surface area contributed by atoms with Crippen molar-refractivity contribution in [3.05, 3.63) is 51.4 Å². The van der Waals surface area contributed by atoms with Crippen LogP contribution in [0.3, 0.4) is 0 Å². The molecule has 2 aliphatic rings. The van der Waals surface area contributed by atoms with E-state index < -0.39 is 0 Å². The van der Waals surface area contributed by atoms with Gasteiger partial charge >= 0.3 is 0 Å². The normalized spacial score (nSPS) is 21.5. The molecule has 3 rings (SSSR count). The number of halogens is 2. The zero-order valence-electron chi connectivity index (χ0n) is 10.8. The van der Waals surface area contributed by atoms with Crippen LogP contribution in [0.15, 0.2) is 45.8 Å². The Balaban J connectivity index is 1.84. The second-order valence-corrected chi connectivity index (χ2v) is 6.91. The first kappa shape index (κ1) is 14.4. The van der Waals surface area contributed by atoms with Crippen molar-refractivity contribution in [3.63, 3.8) is 0 Å². The Morgan fingerprint density at radius 1 is 1.15 bits per heavy atom. The van der Waals surface area contributed by atoms with Crippen LogP contribution >= 0.6 is 39.3 Å². The van der Waals surface area contributed by atoms with Crippen molar-refractivity contribution in [1.82, 2.24) is 0 Å². The summed E-state index contributed by atoms with van der Waals surface area (Å²) in [6, 6.07) is 8.07. The number of thioether (sulfide) groups is 1. The Bertz CT molecular complexity index is 599. The molecule has 0 aliphatic carbocycles. The van der Waals surface area contributed by atoms with Crippen LogP contribution in [0.4, 0.5) is 0 Å². The van der Waals surface area contributed by atoms with E-state index in [1.807, 2.05) is 24.3 Å². The molecule has 0 bridgehead atoms. The van der Waals surface area contributed by atoms with E-state index in [9.17, 15) is 0 Å². The third-order valence-electron chi connectivity index (χ3n) is 3.23. The molecule has 5 heteroatoms. The number of rotatable bonds is 1. The van der Waals surface area contributed by atoms with Gasteiger partial charge in [-0.25, -0.2) is 4.58 Å². The van der Waals surface area contributed by atoms with Gasteiger partial charge in [0.15, 0.2) is 13.1 Å². The summed E-state index contributed by atoms with van der Waals surface area (Å²) in [6.07, 6.45) is 4.24. The van der Waals surface area contributed by atoms with Gasteiger partial charge in [0, 0.05) is 15.5 Å². The third-order valence-corrected chi connectivity index (χ3v) is 5.45. The number of hydrogen-bond acceptors (Lipinski definition) is 2. The minimum atomic E-state index is 0.803. The first-order chi connectivity index (χ1) is 9.74. The molecule has 0 spiro atoms. The highest BCUT2D eigenvalue weighted by molar-refractivity contribution is 9.10. The summed E-state index contributed by atoms with van der Waals surface area (Å²) in [5, 5.41) is 2.07. The lowest BCUT2D eigenvalue weighted by molar-refractivity contribution is -0.546. The molecule has 2 heterocycles. The average molecular weight is 372 g/mol. The van der Waals surface area contributed by atoms with E-state index in [-0.39, 0.29) is 0 Å². The lowest BCUT2D eigenvalue weighted by atomic mass is 10.2. The first-order valence-corrected chi connectivity index (χ1v) is 8.44. The van der Waals surface area contributed by atoms with Crippen LogP contribution in [0.1, 0.15) is 5.56 Å². The number of nitrogens with zero attached hydrogens (tertiary/aromatic N) is 1. The molecule has 0 unspecified atom stereocenters. The molecule has 0 amide bonds. The summed E-state index contributed by atoms with van der Waals surface area (Å²) < 4.78 is 8.79. The molecular formula is C15H14BrClNOS+. The molecule has 104 valence electrons. The van der Waals surface area contributed by atoms with Crippen molar-refractivity contribution in [2.24, 2.45) is 0 Å². The molecule has 20 heavy (non-hydrogen) atoms. The van der Waals surface area contributed by atoms with Gasteiger partial charge in [-0.05, 0) is 35.5 Å². The second-order valence-electron chi connectivity index (χ2n) is 4.56. The van der Waals surface area contributed by atoms with E-state index in [0.29, 0.717) is 0 Å². The van der Waals surface area contributed by atoms with Crippen LogP contribution < -0.4 is 0 Å². The Hall–Kier alpha value is -0.550. The van der Waals surface area contributed by atoms with Crippen molar-refractivity contribution in [2.45, 2.75) is 0 Å². The molecule has 0 atom stereocenters. The molecular weight excluding hydrogens is 358 g/mol. The molecule has 1 fully saturated rings. The van der Waals surface area contributed by atoms with Gasteiger partial charge in [0.1, 0.15) is 13.2 Å². The highest BCUT2D eigenvalue weighted by atomic mass is 79.9. The topological polar surface area (TPSA) is 12.2 Å². The summed E-state index contributed by atoms with van der Waals surface area (Å²) in [5.74, 6) is 0. The quantitative estimate of drug-likeness (QED) is 0.689. The van der Waals surface area contributed by atoms with Gasteiger partial charge in [-0.3, -0.25) is 0 Å². The number of allylic oxidation sites excluding steroid dienone is 1. The second kappa shape index (κ2) is 6.48. The van der Waals surface area contributed by atoms with Gasteiger partial charge in [-0.15, -0.1) is 0 Å². The fourth-order valence-electron chi connectivity index (χ4n) is 2.14. The molecule has 0 N–H and O–H groups in total. The monoisotopic (exact) mass is 370 g/mol. The minimum absolute atomic E-state index is 0.803. The van der Waals surface area contributed by atoms with Crippen molar-refractivity contribution < 1.29 is 9.31 Å². The van der Waals surface area contributed by atoms with E-state index in [1.165, 1.54) is 5.04 Å². The molecule has 1 saturated heterocycles. The fourth-order valence-corrected chi connectivity index (χ4v) is 3.72. The Morgan fingerprint density at radius 3 is 2.55 bits per heavy atom. The van der Waals surface area contributed by atoms with Crippen molar-refractivity contribution in [2.75, 3.05) is 26.3 Å². The predicted molar refractivity (Wildman–Crippen MR) is 89.5 cm³/mol. The summed E-state index contributed by atoms with van der Waals surface area (Å²) in [5.41, 5.74) is 1.05. The molecule has 1 aromatic rings. The molecule has 0 radical (unpaired) electrons. The van der Waals surface area contributed by atoms with Gasteiger partial charge < -0.3 is 4.74 Å². The van der Waals surface area contributed by atoms with E-state index in [1.54, 1.807) is 11.8 Å². The lowest BCUT2D eigenvalue weighted by Crippen LogP contribution is -2.31. The molecule has 0 aromatic heterocycles. The summed E-state index contributed by atoms with van der Waals surface area (Å²) in [7, 11) is 0. The smallest absolute Gasteiger partial charge is 0.239 e. The maximum Gasteiger partial charge on any atom is 0.239 e. The van der Waals surface area contributed by atoms with Crippen LogP contribution in [-0.4, -0.2) is 35.9 Å². The van der Waals surface area contributed by atoms with Crippen molar-refractivity contribution >= 4 is 49.4 Å². The van der Waals surface area contributed by atoms with E-state index in [2.05, 4.69) is 32.7 Å². The largest absolute Gasteiger partial charge is 0.368 e. The summed E-state index contributed by atoms with van der Waals surface area (Å²) in [4.78, 5) is 1.11. The predicted octanol–water partition coefficient (Wildman–Crippen LogP) is 4.10. The molecule has 2 aliphatic heterocycles. The first-order valence-electron chi connectivity index (χ1n) is 6.45. The maximum absolute atomic E-state index is 6.50. The molecule has 1 aromatic carbocycles. The summed E-state index contributed by atoms with van der Waals surface area (Å²) >= 11 is 11.7. The van der Waals surface area contributed by atoms with Crippen LogP contribution in [0.5, 0.6) is 0 Å². The van der Waals surface area contributed by atoms with E-state index in [0.717, 1.165) is 46.3 Å². The average Bonchev–Trinajstić information content (AvgIpc) is 2.98. The fraction of sp³-hybridized carbons (Fsp3) is 0.267. The Labute approximate surface area is 136 Å². The van der Waals surface area contributed by atoms with Gasteiger partial charge in [0.25, 0.3) is 0 Å². The zero-order valence-corrected chi connectivity index (χ0v) is 14.0. The van der Waals surface area contributed by atoms with Crippen molar-refractivity contribution in [3.8, 4) is 0 Å². The van der Waals surface area contributed by atoms with Gasteiger partial charge in [0.2, 0.25) is 5.04 Å². The van der Waals surface area contributed by atoms with Crippen LogP contribution in [-0.2, 0) is 4.74 Å². The molecule has 2 nitrogen and oxygen atoms in total. The number of ether oxygens (including phenoxy) is 1. The zero-order chi connectivity index (χ0) is 13.9. The SMILES string of the molecule is Cl/C(=C1/C=CC(=[N+]2CCOCC2)S1)c1ccc(Br)cc1. The number of benzene rings is 1. The maximum atomic E-state index is 6.50. The standard InChI is InChI=1S/C15H14BrClNOS/c16-12-3-1-11(2-4-12)15(17)13-5-6-14(20-13)18-7-9-19-10-8-18/h1-6H,7-10H2/q+1/b15-13-. The van der Waals surface area contributed by atoms with Gasteiger partial charge in [-0.1, -0.05) is 39.7 Å².